The normalized spacial score (nSPS) is 16.5. The second-order valence-electron chi connectivity index (χ2n) is 4.96. The summed E-state index contributed by atoms with van der Waals surface area (Å²) in [7, 11) is 0. The molecule has 0 unspecified atom stereocenters. The number of rotatable bonds is 2. The van der Waals surface area contributed by atoms with E-state index in [4.69, 9.17) is 5.73 Å². The Morgan fingerprint density at radius 1 is 1.35 bits per heavy atom. The van der Waals surface area contributed by atoms with Crippen LogP contribution in [-0.2, 0) is 6.42 Å². The molecule has 0 amide bonds. The summed E-state index contributed by atoms with van der Waals surface area (Å²) in [4.78, 5) is 6.88. The fraction of sp³-hybridized carbons (Fsp3) is 0.312. The van der Waals surface area contributed by atoms with Crippen LogP contribution in [0.5, 0.6) is 0 Å². The van der Waals surface area contributed by atoms with Gasteiger partial charge >= 0.3 is 0 Å². The lowest BCUT2D eigenvalue weighted by Crippen LogP contribution is -2.19. The minimum absolute atomic E-state index is 0.685. The van der Waals surface area contributed by atoms with Crippen LogP contribution >= 0.6 is 0 Å². The van der Waals surface area contributed by atoms with Crippen molar-refractivity contribution in [1.82, 2.24) is 9.88 Å². The first-order valence-corrected chi connectivity index (χ1v) is 6.88. The van der Waals surface area contributed by atoms with Gasteiger partial charge in [0.05, 0.1) is 11.4 Å². The van der Waals surface area contributed by atoms with E-state index in [9.17, 15) is 0 Å². The van der Waals surface area contributed by atoms with Gasteiger partial charge in [0.25, 0.3) is 0 Å². The Kier molecular flexibility index (Phi) is 4.45. The number of nitrogens with two attached hydrogens (primary N) is 2. The molecule has 0 bridgehead atoms. The summed E-state index contributed by atoms with van der Waals surface area (Å²) in [6.45, 7) is 9.30. The number of hydrogen-bond acceptors (Lipinski definition) is 4. The van der Waals surface area contributed by atoms with Gasteiger partial charge in [-0.3, -0.25) is 4.98 Å². The number of allylic oxidation sites excluding steroid dienone is 1. The van der Waals surface area contributed by atoms with Gasteiger partial charge in [-0.15, -0.1) is 0 Å². The summed E-state index contributed by atoms with van der Waals surface area (Å²) in [5.74, 6) is 0. The zero-order chi connectivity index (χ0) is 14.5. The highest BCUT2D eigenvalue weighted by Crippen LogP contribution is 2.37. The average molecular weight is 270 g/mol. The van der Waals surface area contributed by atoms with Crippen LogP contribution in [-0.4, -0.2) is 23.0 Å². The predicted molar refractivity (Wildman–Crippen MR) is 83.4 cm³/mol. The second-order valence-corrected chi connectivity index (χ2v) is 4.96. The minimum atomic E-state index is 0.685. The number of hydrogen-bond donors (Lipinski definition) is 2. The van der Waals surface area contributed by atoms with Gasteiger partial charge < -0.3 is 16.4 Å². The Bertz CT molecular complexity index is 539. The van der Waals surface area contributed by atoms with E-state index in [0.717, 1.165) is 25.2 Å². The first kappa shape index (κ1) is 14.2. The van der Waals surface area contributed by atoms with Gasteiger partial charge in [-0.1, -0.05) is 13.2 Å². The van der Waals surface area contributed by atoms with Gasteiger partial charge in [-0.25, -0.2) is 0 Å². The lowest BCUT2D eigenvalue weighted by Gasteiger charge is -2.22. The number of pyridine rings is 1. The molecule has 0 radical (unpaired) electrons. The van der Waals surface area contributed by atoms with Crippen LogP contribution in [0.3, 0.4) is 0 Å². The largest absolute Gasteiger partial charge is 0.405 e. The van der Waals surface area contributed by atoms with E-state index >= 15 is 0 Å². The molecule has 2 aliphatic rings. The molecule has 106 valence electrons. The maximum atomic E-state index is 5.93. The maximum Gasteiger partial charge on any atom is 0.0542 e. The first-order valence-electron chi connectivity index (χ1n) is 6.88. The van der Waals surface area contributed by atoms with Crippen molar-refractivity contribution in [3.63, 3.8) is 0 Å². The molecule has 1 aromatic rings. The van der Waals surface area contributed by atoms with Gasteiger partial charge in [0.2, 0.25) is 0 Å². The maximum absolute atomic E-state index is 5.93. The lowest BCUT2D eigenvalue weighted by atomic mass is 10.1. The Morgan fingerprint density at radius 3 is 2.60 bits per heavy atom. The van der Waals surface area contributed by atoms with Crippen molar-refractivity contribution >= 4 is 5.70 Å². The summed E-state index contributed by atoms with van der Waals surface area (Å²) in [5, 5.41) is 0. The minimum Gasteiger partial charge on any atom is -0.405 e. The zero-order valence-electron chi connectivity index (χ0n) is 11.8. The Balaban J connectivity index is 0.000000452. The molecule has 0 aromatic carbocycles. The van der Waals surface area contributed by atoms with Crippen LogP contribution in [0.15, 0.2) is 49.0 Å². The van der Waals surface area contributed by atoms with E-state index in [2.05, 4.69) is 34.8 Å². The van der Waals surface area contributed by atoms with Crippen LogP contribution in [0, 0.1) is 0 Å². The van der Waals surface area contributed by atoms with Gasteiger partial charge in [0.1, 0.15) is 0 Å². The smallest absolute Gasteiger partial charge is 0.0542 e. The summed E-state index contributed by atoms with van der Waals surface area (Å²) in [6, 6.07) is 4.14. The molecule has 3 rings (SSSR count). The molecular formula is C16H22N4. The van der Waals surface area contributed by atoms with E-state index in [1.54, 1.807) is 0 Å². The molecule has 2 heterocycles. The standard InChI is InChI=1S/C14H17N3.C2H5N/c1-10(15)12-9-13-11(5-4-6-16-13)14(12)17-7-2-3-8-17;1-2-3/h4-6H,1-3,7-9,15H2;2H,1,3H2. The Hall–Kier alpha value is -2.23. The molecule has 4 heteroatoms. The van der Waals surface area contributed by atoms with Gasteiger partial charge in [0, 0.05) is 42.5 Å². The third-order valence-electron chi connectivity index (χ3n) is 3.59. The number of nitrogens with zero attached hydrogens (tertiary/aromatic N) is 2. The Labute approximate surface area is 120 Å². The molecule has 4 nitrogen and oxygen atoms in total. The molecule has 1 aromatic heterocycles. The molecule has 0 saturated carbocycles. The molecule has 1 fully saturated rings. The summed E-state index contributed by atoms with van der Waals surface area (Å²) in [6.07, 6.45) is 6.47. The fourth-order valence-corrected chi connectivity index (χ4v) is 2.78. The van der Waals surface area contributed by atoms with Crippen LogP contribution in [0.1, 0.15) is 24.1 Å². The highest BCUT2D eigenvalue weighted by atomic mass is 15.2. The molecule has 20 heavy (non-hydrogen) atoms. The average Bonchev–Trinajstić information content (AvgIpc) is 3.06. The Morgan fingerprint density at radius 2 is 2.00 bits per heavy atom. The van der Waals surface area contributed by atoms with Crippen molar-refractivity contribution in [2.24, 2.45) is 11.5 Å². The second kappa shape index (κ2) is 6.28. The van der Waals surface area contributed by atoms with E-state index in [-0.39, 0.29) is 0 Å². The van der Waals surface area contributed by atoms with Crippen molar-refractivity contribution in [3.8, 4) is 0 Å². The molecule has 1 aliphatic heterocycles. The fourth-order valence-electron chi connectivity index (χ4n) is 2.78. The number of aromatic nitrogens is 1. The molecule has 0 atom stereocenters. The van der Waals surface area contributed by atoms with Gasteiger partial charge in [-0.05, 0) is 31.2 Å². The van der Waals surface area contributed by atoms with Crippen LogP contribution in [0.4, 0.5) is 0 Å². The van der Waals surface area contributed by atoms with E-state index in [1.165, 1.54) is 35.9 Å². The van der Waals surface area contributed by atoms with Crippen LogP contribution in [0.2, 0.25) is 0 Å². The lowest BCUT2D eigenvalue weighted by molar-refractivity contribution is 0.492. The molecular weight excluding hydrogens is 248 g/mol. The SMILES string of the molecule is C=C(N)C1=C(N2CCCC2)c2cccnc2C1.C=CN. The van der Waals surface area contributed by atoms with E-state index in [1.807, 2.05) is 12.3 Å². The highest BCUT2D eigenvalue weighted by Gasteiger charge is 2.28. The van der Waals surface area contributed by atoms with Crippen LogP contribution < -0.4 is 11.5 Å². The molecule has 4 N–H and O–H groups in total. The van der Waals surface area contributed by atoms with Gasteiger partial charge in [0.15, 0.2) is 0 Å². The topological polar surface area (TPSA) is 68.2 Å². The van der Waals surface area contributed by atoms with Crippen molar-refractivity contribution in [2.45, 2.75) is 19.3 Å². The monoisotopic (exact) mass is 270 g/mol. The van der Waals surface area contributed by atoms with Gasteiger partial charge in [-0.2, -0.15) is 0 Å². The van der Waals surface area contributed by atoms with Crippen molar-refractivity contribution in [3.05, 3.63) is 60.2 Å². The van der Waals surface area contributed by atoms with Crippen molar-refractivity contribution in [2.75, 3.05) is 13.1 Å². The van der Waals surface area contributed by atoms with Crippen molar-refractivity contribution < 1.29 is 0 Å². The number of fused-ring (bicyclic) bond motifs is 1. The first-order chi connectivity index (χ1) is 9.69. The third-order valence-corrected chi connectivity index (χ3v) is 3.59. The zero-order valence-corrected chi connectivity index (χ0v) is 11.8. The van der Waals surface area contributed by atoms with E-state index in [0.29, 0.717) is 5.70 Å². The summed E-state index contributed by atoms with van der Waals surface area (Å²) in [5.41, 5.74) is 16.0. The molecule has 1 aliphatic carbocycles. The summed E-state index contributed by atoms with van der Waals surface area (Å²) < 4.78 is 0. The van der Waals surface area contributed by atoms with Crippen LogP contribution in [0.25, 0.3) is 5.70 Å². The third kappa shape index (κ3) is 2.69. The predicted octanol–water partition coefficient (Wildman–Crippen LogP) is 2.01. The quantitative estimate of drug-likeness (QED) is 0.862. The summed E-state index contributed by atoms with van der Waals surface area (Å²) >= 11 is 0. The highest BCUT2D eigenvalue weighted by molar-refractivity contribution is 5.77. The molecule has 0 spiro atoms. The molecule has 1 saturated heterocycles. The number of likely N-dealkylation sites (tertiary alicyclic amines) is 1. The van der Waals surface area contributed by atoms with Crippen molar-refractivity contribution in [1.29, 1.82) is 0 Å². The van der Waals surface area contributed by atoms with E-state index < -0.39 is 0 Å².